The van der Waals surface area contributed by atoms with E-state index >= 15 is 0 Å². The number of aliphatic hydroxyl groups is 1. The first kappa shape index (κ1) is 22.1. The fourth-order valence-electron chi connectivity index (χ4n) is 5.47. The lowest BCUT2D eigenvalue weighted by Crippen LogP contribution is -2.48. The van der Waals surface area contributed by atoms with E-state index < -0.39 is 0 Å². The molecule has 6 nitrogen and oxygen atoms in total. The van der Waals surface area contributed by atoms with Crippen LogP contribution in [-0.2, 0) is 0 Å². The predicted octanol–water partition coefficient (Wildman–Crippen LogP) is 4.36. The van der Waals surface area contributed by atoms with E-state index in [9.17, 15) is 5.11 Å². The maximum Gasteiger partial charge on any atom is 0.226 e. The maximum absolute atomic E-state index is 10.8. The molecule has 0 spiro atoms. The fourth-order valence-corrected chi connectivity index (χ4v) is 5.47. The van der Waals surface area contributed by atoms with Crippen molar-refractivity contribution in [1.82, 2.24) is 14.9 Å². The molecule has 6 heteroatoms. The number of ether oxygens (including phenoxy) is 1. The number of rotatable bonds is 5. The molecule has 0 saturated carbocycles. The van der Waals surface area contributed by atoms with Crippen molar-refractivity contribution in [1.29, 1.82) is 0 Å². The van der Waals surface area contributed by atoms with Crippen molar-refractivity contribution in [2.24, 2.45) is 5.92 Å². The van der Waals surface area contributed by atoms with Gasteiger partial charge in [-0.3, -0.25) is 0 Å². The first-order chi connectivity index (χ1) is 16.1. The summed E-state index contributed by atoms with van der Waals surface area (Å²) in [5.41, 5.74) is 3.02. The number of hydrogen-bond donors (Lipinski definition) is 1. The van der Waals surface area contributed by atoms with E-state index in [2.05, 4.69) is 9.80 Å². The minimum atomic E-state index is -0.344. The van der Waals surface area contributed by atoms with E-state index in [0.29, 0.717) is 12.0 Å². The number of piperidine rings is 2. The summed E-state index contributed by atoms with van der Waals surface area (Å²) in [6.07, 6.45) is 4.05. The third kappa shape index (κ3) is 4.68. The second-order valence-electron chi connectivity index (χ2n) is 9.44. The minimum Gasteiger partial charge on any atom is -0.497 e. The molecule has 33 heavy (non-hydrogen) atoms. The van der Waals surface area contributed by atoms with Gasteiger partial charge in [0.1, 0.15) is 5.75 Å². The number of aromatic nitrogens is 2. The Kier molecular flexibility index (Phi) is 6.47. The lowest BCUT2D eigenvalue weighted by Gasteiger charge is -2.42. The SMILES string of the molecule is COc1ccc2nc(N3CCC(N4CCC(C(O)c5ccccc5)CC4)CC3)nc(C)c2c1. The predicted molar refractivity (Wildman–Crippen MR) is 132 cm³/mol. The van der Waals surface area contributed by atoms with Crippen LogP contribution in [0.15, 0.2) is 48.5 Å². The molecule has 1 N–H and O–H groups in total. The Morgan fingerprint density at radius 2 is 1.67 bits per heavy atom. The van der Waals surface area contributed by atoms with E-state index in [1.54, 1.807) is 7.11 Å². The molecule has 2 aliphatic heterocycles. The standard InChI is InChI=1S/C27H34N4O2/c1-19-24-18-23(33-2)8-9-25(24)29-27(28-19)31-16-12-22(13-17-31)30-14-10-21(11-15-30)26(32)20-6-4-3-5-7-20/h3-9,18,21-22,26,32H,10-17H2,1-2H3. The molecule has 0 aliphatic carbocycles. The van der Waals surface area contributed by atoms with Crippen LogP contribution in [0.5, 0.6) is 5.75 Å². The smallest absolute Gasteiger partial charge is 0.226 e. The molecular formula is C27H34N4O2. The Morgan fingerprint density at radius 1 is 0.939 bits per heavy atom. The van der Waals surface area contributed by atoms with E-state index in [-0.39, 0.29) is 6.10 Å². The van der Waals surface area contributed by atoms with Crippen LogP contribution in [0.3, 0.4) is 0 Å². The quantitative estimate of drug-likeness (QED) is 0.628. The summed E-state index contributed by atoms with van der Waals surface area (Å²) in [4.78, 5) is 14.6. The second kappa shape index (κ2) is 9.65. The topological polar surface area (TPSA) is 61.7 Å². The first-order valence-corrected chi connectivity index (χ1v) is 12.2. The van der Waals surface area contributed by atoms with Crippen LogP contribution in [0.1, 0.15) is 43.0 Å². The van der Waals surface area contributed by atoms with E-state index in [1.807, 2.05) is 55.5 Å². The summed E-state index contributed by atoms with van der Waals surface area (Å²) >= 11 is 0. The Bertz CT molecular complexity index is 1070. The number of anilines is 1. The van der Waals surface area contributed by atoms with Gasteiger partial charge >= 0.3 is 0 Å². The van der Waals surface area contributed by atoms with Gasteiger partial charge in [0.25, 0.3) is 0 Å². The van der Waals surface area contributed by atoms with Gasteiger partial charge in [-0.25, -0.2) is 9.97 Å². The number of aliphatic hydroxyl groups excluding tert-OH is 1. The van der Waals surface area contributed by atoms with Crippen molar-refractivity contribution in [2.75, 3.05) is 38.2 Å². The van der Waals surface area contributed by atoms with E-state index in [1.165, 1.54) is 0 Å². The average molecular weight is 447 g/mol. The van der Waals surface area contributed by atoms with Crippen molar-refractivity contribution >= 4 is 16.9 Å². The molecular weight excluding hydrogens is 412 g/mol. The molecule has 1 aromatic heterocycles. The molecule has 0 bridgehead atoms. The molecule has 2 saturated heterocycles. The fraction of sp³-hybridized carbons (Fsp3) is 0.481. The zero-order chi connectivity index (χ0) is 22.8. The van der Waals surface area contributed by atoms with Crippen LogP contribution in [0.25, 0.3) is 10.9 Å². The molecule has 0 radical (unpaired) electrons. The van der Waals surface area contributed by atoms with Crippen molar-refractivity contribution < 1.29 is 9.84 Å². The lowest BCUT2D eigenvalue weighted by molar-refractivity contribution is 0.0404. The normalized spacial score (nSPS) is 19.7. The Morgan fingerprint density at radius 3 is 2.36 bits per heavy atom. The van der Waals surface area contributed by atoms with Crippen LogP contribution in [0.2, 0.25) is 0 Å². The number of nitrogens with zero attached hydrogens (tertiary/aromatic N) is 4. The zero-order valence-electron chi connectivity index (χ0n) is 19.7. The van der Waals surface area contributed by atoms with Gasteiger partial charge in [0.15, 0.2) is 0 Å². The summed E-state index contributed by atoms with van der Waals surface area (Å²) in [5.74, 6) is 2.03. The van der Waals surface area contributed by atoms with Gasteiger partial charge in [-0.1, -0.05) is 30.3 Å². The van der Waals surface area contributed by atoms with Gasteiger partial charge in [-0.05, 0) is 75.4 Å². The Balaban J connectivity index is 1.17. The van der Waals surface area contributed by atoms with Crippen molar-refractivity contribution in [3.63, 3.8) is 0 Å². The number of aryl methyl sites for hydroxylation is 1. The van der Waals surface area contributed by atoms with Crippen LogP contribution < -0.4 is 9.64 Å². The number of fused-ring (bicyclic) bond motifs is 1. The molecule has 1 atom stereocenters. The van der Waals surface area contributed by atoms with Gasteiger partial charge in [-0.15, -0.1) is 0 Å². The minimum absolute atomic E-state index is 0.344. The Hall–Kier alpha value is -2.70. The van der Waals surface area contributed by atoms with Gasteiger partial charge in [0.05, 0.1) is 24.4 Å². The Labute approximate surface area is 196 Å². The molecule has 2 fully saturated rings. The van der Waals surface area contributed by atoms with Crippen molar-refractivity contribution in [2.45, 2.75) is 44.8 Å². The third-order valence-electron chi connectivity index (χ3n) is 7.51. The van der Waals surface area contributed by atoms with Crippen LogP contribution in [-0.4, -0.2) is 59.3 Å². The zero-order valence-corrected chi connectivity index (χ0v) is 19.7. The summed E-state index contributed by atoms with van der Waals surface area (Å²) in [5, 5.41) is 11.8. The summed E-state index contributed by atoms with van der Waals surface area (Å²) in [7, 11) is 1.68. The van der Waals surface area contributed by atoms with Gasteiger partial charge in [0, 0.05) is 24.5 Å². The molecule has 3 heterocycles. The number of hydrogen-bond acceptors (Lipinski definition) is 6. The monoisotopic (exact) mass is 446 g/mol. The number of methoxy groups -OCH3 is 1. The highest BCUT2D eigenvalue weighted by molar-refractivity contribution is 5.83. The van der Waals surface area contributed by atoms with Crippen molar-refractivity contribution in [3.05, 3.63) is 59.8 Å². The molecule has 2 aliphatic rings. The summed E-state index contributed by atoms with van der Waals surface area (Å²) in [6, 6.07) is 16.7. The van der Waals surface area contributed by atoms with Crippen LogP contribution in [0, 0.1) is 12.8 Å². The molecule has 3 aromatic rings. The lowest BCUT2D eigenvalue weighted by atomic mass is 9.86. The third-order valence-corrected chi connectivity index (χ3v) is 7.51. The van der Waals surface area contributed by atoms with Gasteiger partial charge in [0.2, 0.25) is 5.95 Å². The molecule has 5 rings (SSSR count). The van der Waals surface area contributed by atoms with E-state index in [0.717, 1.165) is 85.7 Å². The average Bonchev–Trinajstić information content (AvgIpc) is 2.89. The van der Waals surface area contributed by atoms with Crippen LogP contribution >= 0.6 is 0 Å². The van der Waals surface area contributed by atoms with Gasteiger partial charge < -0.3 is 19.6 Å². The maximum atomic E-state index is 10.8. The second-order valence-corrected chi connectivity index (χ2v) is 9.44. The summed E-state index contributed by atoms with van der Waals surface area (Å²) in [6.45, 7) is 6.17. The highest BCUT2D eigenvalue weighted by Gasteiger charge is 2.31. The highest BCUT2D eigenvalue weighted by atomic mass is 16.5. The number of likely N-dealkylation sites (tertiary alicyclic amines) is 1. The largest absolute Gasteiger partial charge is 0.497 e. The summed E-state index contributed by atoms with van der Waals surface area (Å²) < 4.78 is 5.35. The first-order valence-electron chi connectivity index (χ1n) is 12.2. The molecule has 174 valence electrons. The van der Waals surface area contributed by atoms with Crippen LogP contribution in [0.4, 0.5) is 5.95 Å². The number of benzene rings is 2. The van der Waals surface area contributed by atoms with Crippen molar-refractivity contribution in [3.8, 4) is 5.75 Å². The molecule has 2 aromatic carbocycles. The van der Waals surface area contributed by atoms with E-state index in [4.69, 9.17) is 14.7 Å². The molecule has 1 unspecified atom stereocenters. The van der Waals surface area contributed by atoms with Gasteiger partial charge in [-0.2, -0.15) is 0 Å². The highest BCUT2D eigenvalue weighted by Crippen LogP contribution is 2.33. The molecule has 0 amide bonds.